The summed E-state index contributed by atoms with van der Waals surface area (Å²) in [5.74, 6) is -16.2. The van der Waals surface area contributed by atoms with E-state index in [-0.39, 0.29) is 17.4 Å². The van der Waals surface area contributed by atoms with Gasteiger partial charge in [-0.3, -0.25) is 0 Å². The summed E-state index contributed by atoms with van der Waals surface area (Å²) in [4.78, 5) is 0. The number of hydrogen-bond donors (Lipinski definition) is 0. The zero-order valence-electron chi connectivity index (χ0n) is 20.2. The summed E-state index contributed by atoms with van der Waals surface area (Å²) in [7, 11) is 0. The van der Waals surface area contributed by atoms with Crippen molar-refractivity contribution in [1.29, 1.82) is 0 Å². The van der Waals surface area contributed by atoms with Gasteiger partial charge in [-0.15, -0.1) is 10.2 Å². The first kappa shape index (κ1) is 30.3. The van der Waals surface area contributed by atoms with E-state index in [4.69, 9.17) is 4.74 Å². The fourth-order valence-electron chi connectivity index (χ4n) is 3.11. The molecular formula is C24H31F7N2O2S. The maximum Gasteiger partial charge on any atom is 0.377 e. The van der Waals surface area contributed by atoms with Crippen LogP contribution in [0.25, 0.3) is 10.6 Å². The van der Waals surface area contributed by atoms with Gasteiger partial charge in [0.25, 0.3) is 0 Å². The number of rotatable bonds is 17. The molecular weight excluding hydrogens is 513 g/mol. The van der Waals surface area contributed by atoms with Crippen molar-refractivity contribution in [1.82, 2.24) is 10.2 Å². The molecule has 0 aliphatic carbocycles. The van der Waals surface area contributed by atoms with Crippen molar-refractivity contribution in [2.45, 2.75) is 82.7 Å². The van der Waals surface area contributed by atoms with Crippen LogP contribution < -0.4 is 4.74 Å². The van der Waals surface area contributed by atoms with Crippen LogP contribution in [0.1, 0.15) is 70.0 Å². The second-order valence-corrected chi connectivity index (χ2v) is 9.47. The van der Waals surface area contributed by atoms with E-state index in [0.717, 1.165) is 37.0 Å². The number of nitrogens with zero attached hydrogens (tertiary/aromatic N) is 2. The van der Waals surface area contributed by atoms with Crippen LogP contribution in [-0.4, -0.2) is 47.8 Å². The maximum absolute atomic E-state index is 14.3. The molecule has 0 N–H and O–H groups in total. The summed E-state index contributed by atoms with van der Waals surface area (Å²) in [6.07, 6.45) is 3.74. The standard InChI is InChI=1S/C24H31F7N2O2S/c1-3-5-7-8-9-19(25)21-33-32-20(36-21)17-10-12-18(13-11-17)35-16-23(28,29)24(30,31)22(26,27)15-34-14-6-4-2/h10-13,19H,3-9,14-16H2,1-2H3. The molecule has 0 bridgehead atoms. The normalized spacial score (nSPS) is 13.7. The minimum atomic E-state index is -5.69. The maximum atomic E-state index is 14.3. The number of alkyl halides is 7. The van der Waals surface area contributed by atoms with Crippen LogP contribution in [0.15, 0.2) is 24.3 Å². The molecule has 0 fully saturated rings. The molecule has 1 aromatic heterocycles. The number of benzene rings is 1. The lowest BCUT2D eigenvalue weighted by atomic mass is 10.1. The molecule has 1 aromatic carbocycles. The fraction of sp³-hybridized carbons (Fsp3) is 0.667. The van der Waals surface area contributed by atoms with Crippen LogP contribution >= 0.6 is 11.3 Å². The van der Waals surface area contributed by atoms with Gasteiger partial charge in [0, 0.05) is 12.2 Å². The molecule has 0 spiro atoms. The van der Waals surface area contributed by atoms with Gasteiger partial charge in [0.2, 0.25) is 0 Å². The van der Waals surface area contributed by atoms with Crippen molar-refractivity contribution in [2.24, 2.45) is 0 Å². The largest absolute Gasteiger partial charge is 0.487 e. The van der Waals surface area contributed by atoms with E-state index in [9.17, 15) is 30.7 Å². The zero-order chi connectivity index (χ0) is 26.8. The summed E-state index contributed by atoms with van der Waals surface area (Å²) >= 11 is 1.04. The predicted molar refractivity (Wildman–Crippen MR) is 124 cm³/mol. The Morgan fingerprint density at radius 2 is 1.47 bits per heavy atom. The van der Waals surface area contributed by atoms with Crippen molar-refractivity contribution in [3.8, 4) is 16.3 Å². The number of ether oxygens (including phenoxy) is 2. The van der Waals surface area contributed by atoms with Crippen molar-refractivity contribution in [3.05, 3.63) is 29.3 Å². The van der Waals surface area contributed by atoms with Crippen LogP contribution in [-0.2, 0) is 4.74 Å². The molecule has 0 saturated heterocycles. The first-order valence-corrected chi connectivity index (χ1v) is 12.7. The number of halogens is 7. The molecule has 0 amide bonds. The summed E-state index contributed by atoms with van der Waals surface area (Å²) in [6, 6.07) is 5.21. The molecule has 0 saturated carbocycles. The monoisotopic (exact) mass is 544 g/mol. The van der Waals surface area contributed by atoms with Gasteiger partial charge >= 0.3 is 17.8 Å². The van der Waals surface area contributed by atoms with Crippen molar-refractivity contribution in [3.63, 3.8) is 0 Å². The molecule has 0 aliphatic rings. The Bertz CT molecular complexity index is 910. The lowest BCUT2D eigenvalue weighted by molar-refractivity contribution is -0.324. The molecule has 0 radical (unpaired) electrons. The molecule has 2 aromatic rings. The highest BCUT2D eigenvalue weighted by molar-refractivity contribution is 7.14. The Morgan fingerprint density at radius 1 is 0.833 bits per heavy atom. The molecule has 0 aliphatic heterocycles. The first-order chi connectivity index (χ1) is 16.9. The third-order valence-corrected chi connectivity index (χ3v) is 6.44. The van der Waals surface area contributed by atoms with Gasteiger partial charge in [-0.1, -0.05) is 57.3 Å². The number of aromatic nitrogens is 2. The van der Waals surface area contributed by atoms with Gasteiger partial charge in [0.05, 0.1) is 0 Å². The highest BCUT2D eigenvalue weighted by Crippen LogP contribution is 2.46. The van der Waals surface area contributed by atoms with Crippen LogP contribution in [0, 0.1) is 0 Å². The average Bonchev–Trinajstić information content (AvgIpc) is 3.34. The van der Waals surface area contributed by atoms with E-state index < -0.39 is 37.2 Å². The minimum Gasteiger partial charge on any atom is -0.487 e. The van der Waals surface area contributed by atoms with Crippen LogP contribution in [0.2, 0.25) is 0 Å². The molecule has 1 unspecified atom stereocenters. The Kier molecular flexibility index (Phi) is 11.4. The minimum absolute atomic E-state index is 0.225. The van der Waals surface area contributed by atoms with Gasteiger partial charge < -0.3 is 9.47 Å². The molecule has 2 rings (SSSR count). The van der Waals surface area contributed by atoms with Gasteiger partial charge in [-0.05, 0) is 37.1 Å². The van der Waals surface area contributed by atoms with Crippen LogP contribution in [0.4, 0.5) is 30.7 Å². The summed E-state index contributed by atoms with van der Waals surface area (Å²) in [5.41, 5.74) is 0.483. The highest BCUT2D eigenvalue weighted by Gasteiger charge is 2.71. The van der Waals surface area contributed by atoms with Crippen molar-refractivity contribution >= 4 is 11.3 Å². The average molecular weight is 545 g/mol. The van der Waals surface area contributed by atoms with Gasteiger partial charge in [-0.2, -0.15) is 26.3 Å². The summed E-state index contributed by atoms with van der Waals surface area (Å²) in [6.45, 7) is -0.237. The lowest BCUT2D eigenvalue weighted by Crippen LogP contribution is -2.58. The Labute approximate surface area is 210 Å². The Balaban J connectivity index is 1.95. The lowest BCUT2D eigenvalue weighted by Gasteiger charge is -2.32. The smallest absolute Gasteiger partial charge is 0.377 e. The van der Waals surface area contributed by atoms with E-state index in [2.05, 4.69) is 21.9 Å². The van der Waals surface area contributed by atoms with E-state index in [0.29, 0.717) is 29.8 Å². The Hall–Kier alpha value is -1.95. The van der Waals surface area contributed by atoms with E-state index in [1.165, 1.54) is 24.3 Å². The van der Waals surface area contributed by atoms with Gasteiger partial charge in [0.15, 0.2) is 17.8 Å². The molecule has 1 heterocycles. The number of unbranched alkanes of at least 4 members (excludes halogenated alkanes) is 4. The predicted octanol–water partition coefficient (Wildman–Crippen LogP) is 8.29. The van der Waals surface area contributed by atoms with E-state index >= 15 is 0 Å². The molecule has 4 nitrogen and oxygen atoms in total. The molecule has 204 valence electrons. The van der Waals surface area contributed by atoms with Gasteiger partial charge in [0.1, 0.15) is 17.4 Å². The highest BCUT2D eigenvalue weighted by atomic mass is 32.1. The topological polar surface area (TPSA) is 44.2 Å². The quantitative estimate of drug-likeness (QED) is 0.148. The molecule has 36 heavy (non-hydrogen) atoms. The SMILES string of the molecule is CCCCCCC(F)c1nnc(-c2ccc(OCC(F)(F)C(F)(F)C(F)(F)COCCCC)cc2)s1. The van der Waals surface area contributed by atoms with Crippen LogP contribution in [0.3, 0.4) is 0 Å². The summed E-state index contributed by atoms with van der Waals surface area (Å²) in [5, 5.41) is 8.40. The number of hydrogen-bond acceptors (Lipinski definition) is 5. The van der Waals surface area contributed by atoms with E-state index in [1.807, 2.05) is 0 Å². The molecule has 1 atom stereocenters. The van der Waals surface area contributed by atoms with E-state index in [1.54, 1.807) is 6.92 Å². The van der Waals surface area contributed by atoms with Gasteiger partial charge in [-0.25, -0.2) is 4.39 Å². The Morgan fingerprint density at radius 3 is 2.11 bits per heavy atom. The second kappa shape index (κ2) is 13.6. The molecule has 12 heteroatoms. The van der Waals surface area contributed by atoms with Crippen molar-refractivity contribution < 1.29 is 40.2 Å². The van der Waals surface area contributed by atoms with Crippen molar-refractivity contribution in [2.75, 3.05) is 19.8 Å². The fourth-order valence-corrected chi connectivity index (χ4v) is 3.98. The van der Waals surface area contributed by atoms with Crippen LogP contribution in [0.5, 0.6) is 5.75 Å². The third-order valence-electron chi connectivity index (χ3n) is 5.39. The third kappa shape index (κ3) is 8.03. The zero-order valence-corrected chi connectivity index (χ0v) is 21.0. The summed E-state index contributed by atoms with van der Waals surface area (Å²) < 4.78 is 107. The first-order valence-electron chi connectivity index (χ1n) is 11.9. The second-order valence-electron chi connectivity index (χ2n) is 8.46.